The molecule has 200 valence electrons. The largest absolute Gasteiger partial charge is 0.507 e. The second-order valence-electron chi connectivity index (χ2n) is 10.6. The number of rotatable bonds is 7. The van der Waals surface area contributed by atoms with E-state index in [1.54, 1.807) is 20.3 Å². The number of benzene rings is 3. The van der Waals surface area contributed by atoms with Crippen LogP contribution in [0.5, 0.6) is 17.2 Å². The van der Waals surface area contributed by atoms with Crippen molar-refractivity contribution in [2.24, 2.45) is 0 Å². The van der Waals surface area contributed by atoms with Gasteiger partial charge in [-0.1, -0.05) is 42.5 Å². The molecule has 0 bridgehead atoms. The molecule has 0 saturated carbocycles. The summed E-state index contributed by atoms with van der Waals surface area (Å²) in [5.74, 6) is 2.71. The molecule has 1 N–H and O–H groups in total. The molecule has 39 heavy (non-hydrogen) atoms. The highest BCUT2D eigenvalue weighted by Gasteiger charge is 2.46. The molecule has 3 heterocycles. The maximum Gasteiger partial charge on any atom is 0.155 e. The predicted molar refractivity (Wildman–Crippen MR) is 152 cm³/mol. The van der Waals surface area contributed by atoms with Gasteiger partial charge >= 0.3 is 0 Å². The number of phenols is 1. The molecular weight excluding hydrogens is 488 g/mol. The standard InChI is InChI=1S/C32H34N4O3/c1-38-25-13-12-24(30(18-25)39-2)21-36-22-32(14-16-35(17-15-32)20-23-8-4-3-5-9-23)27-19-28(33-34-31(27)36)26-10-6-7-11-29(26)37/h3-13,18-19,37H,14-17,20-22H2,1-2H3. The zero-order valence-electron chi connectivity index (χ0n) is 22.5. The maximum absolute atomic E-state index is 10.5. The molecule has 1 saturated heterocycles. The van der Waals surface area contributed by atoms with Crippen LogP contribution < -0.4 is 14.4 Å². The fourth-order valence-corrected chi connectivity index (χ4v) is 6.08. The second kappa shape index (κ2) is 10.6. The number of aromatic hydroxyl groups is 1. The van der Waals surface area contributed by atoms with Gasteiger partial charge in [0.05, 0.1) is 19.9 Å². The minimum absolute atomic E-state index is 0.0304. The van der Waals surface area contributed by atoms with Crippen LogP contribution in [0.3, 0.4) is 0 Å². The number of phenolic OH excluding ortho intramolecular Hbond substituents is 1. The third-order valence-electron chi connectivity index (χ3n) is 8.24. The SMILES string of the molecule is COc1ccc(CN2CC3(CCN(Cc4ccccc4)CC3)c3cc(-c4ccccc4O)nnc32)c(OC)c1. The van der Waals surface area contributed by atoms with E-state index in [1.807, 2.05) is 30.3 Å². The predicted octanol–water partition coefficient (Wildman–Crippen LogP) is 5.42. The smallest absolute Gasteiger partial charge is 0.155 e. The number of aromatic nitrogens is 2. The topological polar surface area (TPSA) is 71.0 Å². The number of piperidine rings is 1. The number of hydrogen-bond donors (Lipinski definition) is 1. The number of hydrogen-bond acceptors (Lipinski definition) is 7. The number of methoxy groups -OCH3 is 2. The highest BCUT2D eigenvalue weighted by Crippen LogP contribution is 2.48. The lowest BCUT2D eigenvalue weighted by atomic mass is 9.74. The molecule has 1 aromatic heterocycles. The van der Waals surface area contributed by atoms with E-state index >= 15 is 0 Å². The normalized spacial score (nSPS) is 16.3. The van der Waals surface area contributed by atoms with Crippen LogP contribution in [-0.4, -0.2) is 54.1 Å². The first-order valence-corrected chi connectivity index (χ1v) is 13.5. The van der Waals surface area contributed by atoms with Gasteiger partial charge in [-0.25, -0.2) is 0 Å². The van der Waals surface area contributed by atoms with Gasteiger partial charge in [0, 0.05) is 47.8 Å². The summed E-state index contributed by atoms with van der Waals surface area (Å²) in [5, 5.41) is 19.9. The van der Waals surface area contributed by atoms with Crippen molar-refractivity contribution in [2.75, 3.05) is 38.8 Å². The van der Waals surface area contributed by atoms with Crippen molar-refractivity contribution in [1.82, 2.24) is 15.1 Å². The summed E-state index contributed by atoms with van der Waals surface area (Å²) < 4.78 is 11.1. The Labute approximate surface area is 229 Å². The minimum Gasteiger partial charge on any atom is -0.507 e. The van der Waals surface area contributed by atoms with Crippen molar-refractivity contribution in [3.05, 3.63) is 95.6 Å². The monoisotopic (exact) mass is 522 g/mol. The molecule has 1 spiro atoms. The molecule has 0 unspecified atom stereocenters. The molecule has 2 aliphatic rings. The van der Waals surface area contributed by atoms with Crippen LogP contribution in [0.25, 0.3) is 11.3 Å². The highest BCUT2D eigenvalue weighted by molar-refractivity contribution is 5.70. The summed E-state index contributed by atoms with van der Waals surface area (Å²) in [5.41, 5.74) is 5.04. The van der Waals surface area contributed by atoms with Gasteiger partial charge in [-0.05, 0) is 61.8 Å². The van der Waals surface area contributed by atoms with Gasteiger partial charge in [0.2, 0.25) is 0 Å². The van der Waals surface area contributed by atoms with Crippen molar-refractivity contribution < 1.29 is 14.6 Å². The van der Waals surface area contributed by atoms with Crippen molar-refractivity contribution in [3.8, 4) is 28.5 Å². The van der Waals surface area contributed by atoms with Gasteiger partial charge in [-0.15, -0.1) is 10.2 Å². The highest BCUT2D eigenvalue weighted by atomic mass is 16.5. The van der Waals surface area contributed by atoms with Crippen LogP contribution in [0.2, 0.25) is 0 Å². The Hall–Kier alpha value is -4.10. The van der Waals surface area contributed by atoms with Crippen molar-refractivity contribution in [1.29, 1.82) is 0 Å². The van der Waals surface area contributed by atoms with Gasteiger partial charge in [-0.2, -0.15) is 0 Å². The minimum atomic E-state index is -0.0304. The van der Waals surface area contributed by atoms with E-state index < -0.39 is 0 Å². The maximum atomic E-state index is 10.5. The van der Waals surface area contributed by atoms with Crippen LogP contribution >= 0.6 is 0 Å². The average Bonchev–Trinajstić information content (AvgIpc) is 3.27. The Balaban J connectivity index is 1.32. The Morgan fingerprint density at radius 2 is 1.62 bits per heavy atom. The summed E-state index contributed by atoms with van der Waals surface area (Å²) >= 11 is 0. The molecule has 4 aromatic rings. The average molecular weight is 523 g/mol. The zero-order chi connectivity index (χ0) is 26.8. The first-order valence-electron chi connectivity index (χ1n) is 13.5. The summed E-state index contributed by atoms with van der Waals surface area (Å²) in [6.07, 6.45) is 2.07. The number of ether oxygens (including phenoxy) is 2. The van der Waals surface area contributed by atoms with Crippen LogP contribution in [0.15, 0.2) is 78.9 Å². The van der Waals surface area contributed by atoms with Gasteiger partial charge in [0.1, 0.15) is 17.2 Å². The second-order valence-corrected chi connectivity index (χ2v) is 10.6. The molecule has 1 fully saturated rings. The van der Waals surface area contributed by atoms with Crippen molar-refractivity contribution in [3.63, 3.8) is 0 Å². The zero-order valence-corrected chi connectivity index (χ0v) is 22.5. The van der Waals surface area contributed by atoms with E-state index in [9.17, 15) is 5.11 Å². The molecule has 2 aliphatic heterocycles. The van der Waals surface area contributed by atoms with E-state index in [2.05, 4.69) is 57.4 Å². The van der Waals surface area contributed by atoms with E-state index in [-0.39, 0.29) is 11.2 Å². The third-order valence-corrected chi connectivity index (χ3v) is 8.24. The molecular formula is C32H34N4O3. The van der Waals surface area contributed by atoms with E-state index in [4.69, 9.17) is 14.6 Å². The molecule has 0 aliphatic carbocycles. The van der Waals surface area contributed by atoms with Crippen LogP contribution in [0, 0.1) is 0 Å². The quantitative estimate of drug-likeness (QED) is 0.348. The molecule has 6 rings (SSSR count). The Morgan fingerprint density at radius 1 is 0.846 bits per heavy atom. The fraction of sp³-hybridized carbons (Fsp3) is 0.312. The molecule has 0 radical (unpaired) electrons. The van der Waals surface area contributed by atoms with Crippen molar-refractivity contribution >= 4 is 5.82 Å². The lowest BCUT2D eigenvalue weighted by Gasteiger charge is -2.40. The summed E-state index contributed by atoms with van der Waals surface area (Å²) in [7, 11) is 3.36. The Bertz CT molecular complexity index is 1450. The molecule has 7 nitrogen and oxygen atoms in total. The molecule has 0 atom stereocenters. The number of nitrogens with zero attached hydrogens (tertiary/aromatic N) is 4. The van der Waals surface area contributed by atoms with E-state index in [1.165, 1.54) is 11.1 Å². The van der Waals surface area contributed by atoms with E-state index in [0.717, 1.165) is 61.9 Å². The number of para-hydroxylation sites is 1. The van der Waals surface area contributed by atoms with Crippen LogP contribution in [-0.2, 0) is 18.5 Å². The summed E-state index contributed by atoms with van der Waals surface area (Å²) in [6, 6.07) is 26.2. The first kappa shape index (κ1) is 25.2. The molecule has 0 amide bonds. The lowest BCUT2D eigenvalue weighted by molar-refractivity contribution is 0.159. The van der Waals surface area contributed by atoms with Crippen LogP contribution in [0.1, 0.15) is 29.5 Å². The molecule has 7 heteroatoms. The van der Waals surface area contributed by atoms with Crippen LogP contribution in [0.4, 0.5) is 5.82 Å². The fourth-order valence-electron chi connectivity index (χ4n) is 6.08. The lowest BCUT2D eigenvalue weighted by Crippen LogP contribution is -2.44. The number of fused-ring (bicyclic) bond motifs is 2. The van der Waals surface area contributed by atoms with Gasteiger partial charge in [0.15, 0.2) is 5.82 Å². The van der Waals surface area contributed by atoms with Gasteiger partial charge in [-0.3, -0.25) is 4.90 Å². The van der Waals surface area contributed by atoms with Crippen molar-refractivity contribution in [2.45, 2.75) is 31.3 Å². The molecule has 3 aromatic carbocycles. The Kier molecular flexibility index (Phi) is 6.83. The first-order chi connectivity index (χ1) is 19.1. The van der Waals surface area contributed by atoms with Gasteiger partial charge in [0.25, 0.3) is 0 Å². The Morgan fingerprint density at radius 3 is 2.36 bits per heavy atom. The number of anilines is 1. The van der Waals surface area contributed by atoms with E-state index in [0.29, 0.717) is 17.8 Å². The third kappa shape index (κ3) is 4.90. The number of likely N-dealkylation sites (tertiary alicyclic amines) is 1. The van der Waals surface area contributed by atoms with Gasteiger partial charge < -0.3 is 19.5 Å². The summed E-state index contributed by atoms with van der Waals surface area (Å²) in [6.45, 7) is 4.54. The summed E-state index contributed by atoms with van der Waals surface area (Å²) in [4.78, 5) is 4.89.